The number of hydrogen-bond acceptors (Lipinski definition) is 5. The van der Waals surface area contributed by atoms with Crippen molar-refractivity contribution in [2.24, 2.45) is 29.4 Å². The number of nitrogens with zero attached hydrogens (tertiary/aromatic N) is 1. The van der Waals surface area contributed by atoms with Gasteiger partial charge in [0.15, 0.2) is 0 Å². The Morgan fingerprint density at radius 2 is 1.82 bits per heavy atom. The second kappa shape index (κ2) is 12.7. The molecule has 0 radical (unpaired) electrons. The first-order valence-corrected chi connectivity index (χ1v) is 15.1. The smallest absolute Gasteiger partial charge is 0.354 e. The molecule has 1 aliphatic heterocycles. The third kappa shape index (κ3) is 6.04. The van der Waals surface area contributed by atoms with Crippen LogP contribution in [-0.4, -0.2) is 59.6 Å². The number of anilines is 1. The molecular formula is C31H43FN4O4. The van der Waals surface area contributed by atoms with Crippen LogP contribution in [0.25, 0.3) is 10.9 Å². The first kappa shape index (κ1) is 28.6. The number of benzene rings is 1. The second-order valence-electron chi connectivity index (χ2n) is 12.0. The van der Waals surface area contributed by atoms with Crippen molar-refractivity contribution in [3.05, 3.63) is 30.0 Å². The fraction of sp³-hybridized carbons (Fsp3) is 0.645. The molecule has 9 heteroatoms. The minimum Gasteiger partial charge on any atom is -0.461 e. The van der Waals surface area contributed by atoms with Crippen molar-refractivity contribution in [1.29, 1.82) is 0 Å². The highest BCUT2D eigenvalue weighted by Crippen LogP contribution is 2.41. The molecule has 1 aromatic carbocycles. The number of hydrogen-bond donors (Lipinski definition) is 3. The van der Waals surface area contributed by atoms with Crippen LogP contribution in [0, 0.1) is 23.7 Å². The summed E-state index contributed by atoms with van der Waals surface area (Å²) in [5.74, 6) is 0.0728. The van der Waals surface area contributed by atoms with Crippen LogP contribution in [0.2, 0.25) is 0 Å². The van der Waals surface area contributed by atoms with Crippen LogP contribution in [0.4, 0.5) is 10.1 Å². The van der Waals surface area contributed by atoms with Crippen molar-refractivity contribution < 1.29 is 23.5 Å². The van der Waals surface area contributed by atoms with E-state index in [2.05, 4.69) is 10.3 Å². The largest absolute Gasteiger partial charge is 0.461 e. The van der Waals surface area contributed by atoms with Crippen molar-refractivity contribution >= 4 is 34.4 Å². The summed E-state index contributed by atoms with van der Waals surface area (Å²) < 4.78 is 18.2. The third-order valence-electron chi connectivity index (χ3n) is 9.54. The lowest BCUT2D eigenvalue weighted by Crippen LogP contribution is -2.50. The van der Waals surface area contributed by atoms with E-state index in [1.165, 1.54) is 19.3 Å². The fourth-order valence-corrected chi connectivity index (χ4v) is 7.36. The lowest BCUT2D eigenvalue weighted by atomic mass is 9.76. The maximum atomic E-state index is 13.9. The number of alkyl halides is 1. The second-order valence-corrected chi connectivity index (χ2v) is 12.0. The molecule has 218 valence electrons. The van der Waals surface area contributed by atoms with Gasteiger partial charge < -0.3 is 25.7 Å². The molecule has 2 saturated carbocycles. The minimum atomic E-state index is -0.528. The van der Waals surface area contributed by atoms with Crippen LogP contribution < -0.4 is 11.1 Å². The molecule has 2 amide bonds. The van der Waals surface area contributed by atoms with Gasteiger partial charge in [-0.1, -0.05) is 32.1 Å². The van der Waals surface area contributed by atoms with E-state index >= 15 is 0 Å². The molecule has 8 nitrogen and oxygen atoms in total. The Labute approximate surface area is 235 Å². The molecule has 4 N–H and O–H groups in total. The number of nitrogens with two attached hydrogens (primary N) is 1. The molecule has 2 heterocycles. The number of aromatic nitrogens is 1. The van der Waals surface area contributed by atoms with Crippen LogP contribution >= 0.6 is 0 Å². The molecule has 5 rings (SSSR count). The van der Waals surface area contributed by atoms with Gasteiger partial charge in [0.2, 0.25) is 11.8 Å². The number of amides is 2. The van der Waals surface area contributed by atoms with Crippen molar-refractivity contribution in [3.63, 3.8) is 0 Å². The number of H-pyrrole nitrogens is 1. The molecule has 1 saturated heterocycles. The van der Waals surface area contributed by atoms with Gasteiger partial charge in [0.1, 0.15) is 18.4 Å². The molecule has 2 aliphatic carbocycles. The zero-order valence-corrected chi connectivity index (χ0v) is 23.5. The van der Waals surface area contributed by atoms with Gasteiger partial charge in [0.25, 0.3) is 0 Å². The van der Waals surface area contributed by atoms with Gasteiger partial charge in [-0.25, -0.2) is 9.18 Å². The van der Waals surface area contributed by atoms with E-state index in [-0.39, 0.29) is 29.6 Å². The van der Waals surface area contributed by atoms with E-state index in [9.17, 15) is 18.8 Å². The first-order chi connectivity index (χ1) is 19.4. The monoisotopic (exact) mass is 554 g/mol. The number of esters is 1. The maximum Gasteiger partial charge on any atom is 0.354 e. The fourth-order valence-electron chi connectivity index (χ4n) is 7.36. The standard InChI is InChI=1S/C31H43FN4O4/c1-2-40-31(39)27-17-22-16-23(12-13-26(22)35-27)34-29(37)28-24(19-6-4-3-5-7-19)14-15-36(28)30(38)21-10-8-20(9-11-21)25(33)18-32/h12-13,16-17,19-21,24-25,28,35H,2-11,14-15,18,33H2,1H3,(H,34,37)/t20-,21-,24-,25?,28-/m0/s1. The summed E-state index contributed by atoms with van der Waals surface area (Å²) in [6.07, 6.45) is 9.54. The molecule has 3 aliphatic rings. The summed E-state index contributed by atoms with van der Waals surface area (Å²) >= 11 is 0. The molecule has 3 fully saturated rings. The number of fused-ring (bicyclic) bond motifs is 1. The van der Waals surface area contributed by atoms with Crippen LogP contribution in [0.3, 0.4) is 0 Å². The van der Waals surface area contributed by atoms with E-state index in [0.29, 0.717) is 43.3 Å². The van der Waals surface area contributed by atoms with Gasteiger partial charge in [-0.3, -0.25) is 9.59 Å². The van der Waals surface area contributed by atoms with Crippen molar-refractivity contribution in [3.8, 4) is 0 Å². The summed E-state index contributed by atoms with van der Waals surface area (Å²) in [5, 5.41) is 3.90. The Morgan fingerprint density at radius 3 is 2.52 bits per heavy atom. The summed E-state index contributed by atoms with van der Waals surface area (Å²) in [6, 6.07) is 6.27. The number of likely N-dealkylation sites (tertiary alicyclic amines) is 1. The molecule has 40 heavy (non-hydrogen) atoms. The van der Waals surface area contributed by atoms with Gasteiger partial charge in [-0.15, -0.1) is 0 Å². The molecule has 0 spiro atoms. The predicted octanol–water partition coefficient (Wildman–Crippen LogP) is 5.18. The number of carbonyl (C=O) groups excluding carboxylic acids is 3. The zero-order chi connectivity index (χ0) is 28.2. The number of ether oxygens (including phenoxy) is 1. The van der Waals surface area contributed by atoms with E-state index in [4.69, 9.17) is 10.5 Å². The van der Waals surface area contributed by atoms with E-state index in [0.717, 1.165) is 43.0 Å². The normalized spacial score (nSPS) is 26.5. The van der Waals surface area contributed by atoms with E-state index in [1.807, 2.05) is 23.1 Å². The van der Waals surface area contributed by atoms with Crippen LogP contribution in [-0.2, 0) is 14.3 Å². The van der Waals surface area contributed by atoms with Gasteiger partial charge in [0.05, 0.1) is 6.61 Å². The van der Waals surface area contributed by atoms with Crippen LogP contribution in [0.5, 0.6) is 0 Å². The van der Waals surface area contributed by atoms with Crippen molar-refractivity contribution in [2.75, 3.05) is 25.1 Å². The maximum absolute atomic E-state index is 13.9. The molecular weight excluding hydrogens is 511 g/mol. The Bertz CT molecular complexity index is 1200. The van der Waals surface area contributed by atoms with E-state index < -0.39 is 24.7 Å². The molecule has 2 aromatic rings. The highest BCUT2D eigenvalue weighted by atomic mass is 19.1. The molecule has 3 atom stereocenters. The van der Waals surface area contributed by atoms with Crippen LogP contribution in [0.15, 0.2) is 24.3 Å². The predicted molar refractivity (Wildman–Crippen MR) is 152 cm³/mol. The number of halogens is 1. The van der Waals surface area contributed by atoms with Gasteiger partial charge >= 0.3 is 5.97 Å². The number of aromatic amines is 1. The number of nitrogens with one attached hydrogen (secondary N) is 2. The number of carbonyl (C=O) groups is 3. The zero-order valence-electron chi connectivity index (χ0n) is 23.5. The lowest BCUT2D eigenvalue weighted by Gasteiger charge is -2.36. The third-order valence-corrected chi connectivity index (χ3v) is 9.54. The summed E-state index contributed by atoms with van der Waals surface area (Å²) in [5.41, 5.74) is 7.72. The SMILES string of the molecule is CCOC(=O)c1cc2cc(NC(=O)[C@@H]3[C@H](C4CCCCC4)CCN3C(=O)[C@H]3CC[C@H](C(N)CF)CC3)ccc2[nH]1. The Kier molecular flexibility index (Phi) is 9.08. The topological polar surface area (TPSA) is 118 Å². The van der Waals surface area contributed by atoms with Crippen molar-refractivity contribution in [2.45, 2.75) is 83.2 Å². The molecule has 1 unspecified atom stereocenters. The molecule has 0 bridgehead atoms. The Morgan fingerprint density at radius 1 is 1.07 bits per heavy atom. The number of rotatable bonds is 8. The quantitative estimate of drug-likeness (QED) is 0.389. The highest BCUT2D eigenvalue weighted by Gasteiger charge is 2.47. The lowest BCUT2D eigenvalue weighted by molar-refractivity contribution is -0.142. The van der Waals surface area contributed by atoms with E-state index in [1.54, 1.807) is 13.0 Å². The summed E-state index contributed by atoms with van der Waals surface area (Å²) in [7, 11) is 0. The summed E-state index contributed by atoms with van der Waals surface area (Å²) in [6.45, 7) is 2.13. The highest BCUT2D eigenvalue weighted by molar-refractivity contribution is 6.01. The van der Waals surface area contributed by atoms with Gasteiger partial charge in [-0.05, 0) is 81.0 Å². The minimum absolute atomic E-state index is 0.0610. The van der Waals surface area contributed by atoms with Gasteiger partial charge in [-0.2, -0.15) is 0 Å². The summed E-state index contributed by atoms with van der Waals surface area (Å²) in [4.78, 5) is 44.8. The average molecular weight is 555 g/mol. The van der Waals surface area contributed by atoms with Crippen molar-refractivity contribution in [1.82, 2.24) is 9.88 Å². The Balaban J connectivity index is 1.33. The Hall–Kier alpha value is -2.94. The first-order valence-electron chi connectivity index (χ1n) is 15.1. The van der Waals surface area contributed by atoms with Gasteiger partial charge in [0, 0.05) is 35.1 Å². The average Bonchev–Trinajstić information content (AvgIpc) is 3.62. The molecule has 1 aromatic heterocycles. The van der Waals surface area contributed by atoms with Crippen LogP contribution in [0.1, 0.15) is 81.6 Å².